The van der Waals surface area contributed by atoms with E-state index >= 15 is 0 Å². The van der Waals surface area contributed by atoms with Crippen LogP contribution in [-0.2, 0) is 0 Å². The zero-order valence-corrected chi connectivity index (χ0v) is 11.6. The first-order valence-electron chi connectivity index (χ1n) is 5.67. The Morgan fingerprint density at radius 2 is 1.79 bits per heavy atom. The molecule has 0 radical (unpaired) electrons. The molecule has 1 unspecified atom stereocenters. The van der Waals surface area contributed by atoms with E-state index in [9.17, 15) is 4.39 Å². The topological polar surface area (TPSA) is 31.6 Å². The van der Waals surface area contributed by atoms with Crippen molar-refractivity contribution in [1.82, 2.24) is 0 Å². The fourth-order valence-corrected chi connectivity index (χ4v) is 2.12. The van der Waals surface area contributed by atoms with Gasteiger partial charge in [0, 0.05) is 17.2 Å². The summed E-state index contributed by atoms with van der Waals surface area (Å²) in [6, 6.07) is 4.57. The van der Waals surface area contributed by atoms with Gasteiger partial charge in [0.25, 0.3) is 0 Å². The number of benzene rings is 1. The van der Waals surface area contributed by atoms with E-state index in [1.807, 2.05) is 0 Å². The fourth-order valence-electron chi connectivity index (χ4n) is 1.84. The summed E-state index contributed by atoms with van der Waals surface area (Å²) in [4.78, 5) is 0. The van der Waals surface area contributed by atoms with Crippen LogP contribution in [0.3, 0.4) is 0 Å². The maximum atomic E-state index is 14.0. The molecular weight excluding hydrogens is 271 g/mol. The molecule has 0 amide bonds. The smallest absolute Gasteiger partial charge is 0.163 e. The van der Waals surface area contributed by atoms with Gasteiger partial charge in [-0.25, -0.2) is 4.39 Å². The number of hydrogen-bond donors (Lipinski definition) is 0. The standard InChI is InChI=1S/C14H14ClFO3/c1-8-4-9(7-19-8)14(15)10-5-12(17-2)13(18-3)6-11(10)16/h4-7,14H,1-3H3. The first-order valence-corrected chi connectivity index (χ1v) is 6.11. The molecule has 0 saturated heterocycles. The number of furan rings is 1. The predicted octanol–water partition coefficient (Wildman–Crippen LogP) is 4.07. The largest absolute Gasteiger partial charge is 0.493 e. The first-order chi connectivity index (χ1) is 9.06. The molecular formula is C14H14ClFO3. The van der Waals surface area contributed by atoms with E-state index in [4.69, 9.17) is 25.5 Å². The van der Waals surface area contributed by atoms with Gasteiger partial charge in [0.2, 0.25) is 0 Å². The number of ether oxygens (including phenoxy) is 2. The number of alkyl halides is 1. The third-order valence-corrected chi connectivity index (χ3v) is 3.31. The van der Waals surface area contributed by atoms with Crippen molar-refractivity contribution in [3.8, 4) is 11.5 Å². The lowest BCUT2D eigenvalue weighted by Gasteiger charge is -2.13. The number of methoxy groups -OCH3 is 2. The van der Waals surface area contributed by atoms with E-state index in [1.54, 1.807) is 13.0 Å². The second-order valence-electron chi connectivity index (χ2n) is 4.08. The quantitative estimate of drug-likeness (QED) is 0.793. The molecule has 5 heteroatoms. The summed E-state index contributed by atoms with van der Waals surface area (Å²) in [6.45, 7) is 1.80. The molecule has 19 heavy (non-hydrogen) atoms. The highest BCUT2D eigenvalue weighted by Crippen LogP contribution is 2.37. The summed E-state index contributed by atoms with van der Waals surface area (Å²) >= 11 is 6.28. The summed E-state index contributed by atoms with van der Waals surface area (Å²) in [6.07, 6.45) is 1.52. The highest BCUT2D eigenvalue weighted by Gasteiger charge is 2.20. The highest BCUT2D eigenvalue weighted by molar-refractivity contribution is 6.22. The van der Waals surface area contributed by atoms with Crippen LogP contribution in [0, 0.1) is 12.7 Å². The number of aryl methyl sites for hydroxylation is 1. The minimum absolute atomic E-state index is 0.320. The molecule has 1 atom stereocenters. The van der Waals surface area contributed by atoms with E-state index in [0.717, 1.165) is 5.76 Å². The summed E-state index contributed by atoms with van der Waals surface area (Å²) in [5, 5.41) is -0.641. The molecule has 1 heterocycles. The Bertz CT molecular complexity index is 580. The molecule has 0 aliphatic carbocycles. The second-order valence-corrected chi connectivity index (χ2v) is 4.52. The molecule has 0 bridgehead atoms. The normalized spacial score (nSPS) is 12.3. The van der Waals surface area contributed by atoms with E-state index in [-0.39, 0.29) is 0 Å². The van der Waals surface area contributed by atoms with Crippen molar-refractivity contribution in [3.63, 3.8) is 0 Å². The lowest BCUT2D eigenvalue weighted by atomic mass is 10.1. The third kappa shape index (κ3) is 2.68. The van der Waals surface area contributed by atoms with Crippen molar-refractivity contribution < 1.29 is 18.3 Å². The molecule has 102 valence electrons. The molecule has 0 fully saturated rings. The van der Waals surface area contributed by atoms with Gasteiger partial charge in [0.1, 0.15) is 11.6 Å². The van der Waals surface area contributed by atoms with Gasteiger partial charge in [-0.2, -0.15) is 0 Å². The van der Waals surface area contributed by atoms with Crippen molar-refractivity contribution in [1.29, 1.82) is 0 Å². The summed E-state index contributed by atoms with van der Waals surface area (Å²) < 4.78 is 29.4. The summed E-state index contributed by atoms with van der Waals surface area (Å²) in [5.74, 6) is 1.04. The molecule has 0 saturated carbocycles. The lowest BCUT2D eigenvalue weighted by Crippen LogP contribution is -1.99. The minimum Gasteiger partial charge on any atom is -0.493 e. The van der Waals surface area contributed by atoms with Crippen molar-refractivity contribution >= 4 is 11.6 Å². The predicted molar refractivity (Wildman–Crippen MR) is 70.6 cm³/mol. The van der Waals surface area contributed by atoms with Gasteiger partial charge < -0.3 is 13.9 Å². The molecule has 3 nitrogen and oxygen atoms in total. The lowest BCUT2D eigenvalue weighted by molar-refractivity contribution is 0.351. The molecule has 0 N–H and O–H groups in total. The molecule has 2 aromatic rings. The maximum Gasteiger partial charge on any atom is 0.163 e. The molecule has 0 aliphatic heterocycles. The minimum atomic E-state index is -0.641. The van der Waals surface area contributed by atoms with Crippen LogP contribution in [0.25, 0.3) is 0 Å². The van der Waals surface area contributed by atoms with Crippen LogP contribution in [0.15, 0.2) is 28.9 Å². The van der Waals surface area contributed by atoms with Gasteiger partial charge in [-0.3, -0.25) is 0 Å². The zero-order valence-electron chi connectivity index (χ0n) is 10.9. The maximum absolute atomic E-state index is 14.0. The van der Waals surface area contributed by atoms with Gasteiger partial charge in [-0.05, 0) is 19.1 Å². The summed E-state index contributed by atoms with van der Waals surface area (Å²) in [7, 11) is 2.94. The van der Waals surface area contributed by atoms with Crippen LogP contribution < -0.4 is 9.47 Å². The van der Waals surface area contributed by atoms with Crippen molar-refractivity contribution in [2.24, 2.45) is 0 Å². The van der Waals surface area contributed by atoms with Crippen LogP contribution >= 0.6 is 11.6 Å². The Hall–Kier alpha value is -1.68. The molecule has 1 aromatic carbocycles. The van der Waals surface area contributed by atoms with Crippen LogP contribution in [0.5, 0.6) is 11.5 Å². The van der Waals surface area contributed by atoms with E-state index in [1.165, 1.54) is 32.6 Å². The van der Waals surface area contributed by atoms with Gasteiger partial charge in [0.05, 0.1) is 25.9 Å². The number of halogens is 2. The molecule has 2 rings (SSSR count). The zero-order chi connectivity index (χ0) is 14.0. The Labute approximate surface area is 115 Å². The Morgan fingerprint density at radius 3 is 2.32 bits per heavy atom. The van der Waals surface area contributed by atoms with Gasteiger partial charge in [0.15, 0.2) is 11.5 Å². The van der Waals surface area contributed by atoms with Crippen LogP contribution in [0.1, 0.15) is 22.3 Å². The average molecular weight is 285 g/mol. The first kappa shape index (κ1) is 13.7. The third-order valence-electron chi connectivity index (χ3n) is 2.82. The van der Waals surface area contributed by atoms with Gasteiger partial charge >= 0.3 is 0 Å². The molecule has 0 spiro atoms. The monoisotopic (exact) mass is 284 g/mol. The van der Waals surface area contributed by atoms with Crippen molar-refractivity contribution in [2.45, 2.75) is 12.3 Å². The van der Waals surface area contributed by atoms with Crippen LogP contribution in [0.2, 0.25) is 0 Å². The molecule has 0 aliphatic rings. The SMILES string of the molecule is COc1cc(F)c(C(Cl)c2coc(C)c2)cc1OC. The Balaban J connectivity index is 2.44. The second kappa shape index (κ2) is 5.53. The Kier molecular flexibility index (Phi) is 4.00. The highest BCUT2D eigenvalue weighted by atomic mass is 35.5. The van der Waals surface area contributed by atoms with Crippen molar-refractivity contribution in [3.05, 3.63) is 47.2 Å². The summed E-state index contributed by atoms with van der Waals surface area (Å²) in [5.41, 5.74) is 1.02. The van der Waals surface area contributed by atoms with Crippen molar-refractivity contribution in [2.75, 3.05) is 14.2 Å². The van der Waals surface area contributed by atoms with Gasteiger partial charge in [-0.15, -0.1) is 11.6 Å². The van der Waals surface area contributed by atoms with E-state index in [2.05, 4.69) is 0 Å². The Morgan fingerprint density at radius 1 is 1.16 bits per heavy atom. The molecule has 1 aromatic heterocycles. The number of rotatable bonds is 4. The van der Waals surface area contributed by atoms with Gasteiger partial charge in [-0.1, -0.05) is 0 Å². The fraction of sp³-hybridized carbons (Fsp3) is 0.286. The van der Waals surface area contributed by atoms with E-state index < -0.39 is 11.2 Å². The average Bonchev–Trinajstić information content (AvgIpc) is 2.84. The van der Waals surface area contributed by atoms with Crippen LogP contribution in [0.4, 0.5) is 4.39 Å². The van der Waals surface area contributed by atoms with E-state index in [0.29, 0.717) is 22.6 Å². The number of hydrogen-bond acceptors (Lipinski definition) is 3. The van der Waals surface area contributed by atoms with Crippen LogP contribution in [-0.4, -0.2) is 14.2 Å².